The second-order valence-electron chi connectivity index (χ2n) is 5.79. The van der Waals surface area contributed by atoms with Crippen molar-refractivity contribution in [3.63, 3.8) is 0 Å². The summed E-state index contributed by atoms with van der Waals surface area (Å²) in [7, 11) is 3.57. The quantitative estimate of drug-likeness (QED) is 0.810. The Morgan fingerprint density at radius 1 is 1.43 bits per heavy atom. The van der Waals surface area contributed by atoms with Gasteiger partial charge in [-0.15, -0.1) is 0 Å². The van der Waals surface area contributed by atoms with Crippen LogP contribution >= 0.6 is 0 Å². The molecule has 5 nitrogen and oxygen atoms in total. The summed E-state index contributed by atoms with van der Waals surface area (Å²) in [6.07, 6.45) is 7.13. The van der Waals surface area contributed by atoms with Gasteiger partial charge in [0.05, 0.1) is 24.4 Å². The van der Waals surface area contributed by atoms with Gasteiger partial charge in [0.2, 0.25) is 0 Å². The molecule has 1 fully saturated rings. The fraction of sp³-hybridized carbons (Fsp3) is 0.500. The average molecular weight is 287 g/mol. The minimum absolute atomic E-state index is 0.314. The van der Waals surface area contributed by atoms with Crippen LogP contribution in [0.4, 0.5) is 0 Å². The minimum atomic E-state index is -0.314. The zero-order chi connectivity index (χ0) is 14.8. The standard InChI is InChI=1S/C16H21N3O2/c1-18-8-5-12(6-9-18)10-15-17-11-14-13(16(20)21-2)4-3-7-19(14)15/h3-4,7,11-12H,5-6,8-10H2,1-2H3. The Kier molecular flexibility index (Phi) is 3.92. The third kappa shape index (κ3) is 2.78. The molecule has 5 heteroatoms. The Balaban J connectivity index is 1.85. The Morgan fingerprint density at radius 2 is 2.19 bits per heavy atom. The molecule has 0 radical (unpaired) electrons. The highest BCUT2D eigenvalue weighted by molar-refractivity contribution is 5.96. The molecular formula is C16H21N3O2. The summed E-state index contributed by atoms with van der Waals surface area (Å²) in [5.74, 6) is 1.39. The molecule has 21 heavy (non-hydrogen) atoms. The number of nitrogens with zero attached hydrogens (tertiary/aromatic N) is 3. The van der Waals surface area contributed by atoms with Crippen molar-refractivity contribution in [3.8, 4) is 0 Å². The number of pyridine rings is 1. The average Bonchev–Trinajstić information content (AvgIpc) is 2.92. The van der Waals surface area contributed by atoms with Crippen molar-refractivity contribution < 1.29 is 9.53 Å². The van der Waals surface area contributed by atoms with E-state index in [4.69, 9.17) is 4.74 Å². The lowest BCUT2D eigenvalue weighted by Gasteiger charge is -2.28. The van der Waals surface area contributed by atoms with Gasteiger partial charge in [-0.2, -0.15) is 0 Å². The molecule has 1 aliphatic heterocycles. The molecule has 0 saturated carbocycles. The molecule has 3 rings (SSSR count). The number of fused-ring (bicyclic) bond motifs is 1. The third-order valence-corrected chi connectivity index (χ3v) is 4.36. The van der Waals surface area contributed by atoms with E-state index >= 15 is 0 Å². The summed E-state index contributed by atoms with van der Waals surface area (Å²) in [6.45, 7) is 2.31. The van der Waals surface area contributed by atoms with E-state index in [-0.39, 0.29) is 5.97 Å². The van der Waals surface area contributed by atoms with Crippen LogP contribution in [0.25, 0.3) is 5.52 Å². The van der Waals surface area contributed by atoms with Crippen molar-refractivity contribution in [2.45, 2.75) is 19.3 Å². The van der Waals surface area contributed by atoms with Crippen LogP contribution in [0.5, 0.6) is 0 Å². The number of likely N-dealkylation sites (tertiary alicyclic amines) is 1. The summed E-state index contributed by atoms with van der Waals surface area (Å²) in [5, 5.41) is 0. The summed E-state index contributed by atoms with van der Waals surface area (Å²) >= 11 is 0. The van der Waals surface area contributed by atoms with Gasteiger partial charge in [0, 0.05) is 12.6 Å². The molecule has 1 aliphatic rings. The van der Waals surface area contributed by atoms with E-state index in [0.29, 0.717) is 11.5 Å². The molecule has 0 spiro atoms. The maximum Gasteiger partial charge on any atom is 0.340 e. The third-order valence-electron chi connectivity index (χ3n) is 4.36. The smallest absolute Gasteiger partial charge is 0.340 e. The van der Waals surface area contributed by atoms with Crippen LogP contribution in [0.3, 0.4) is 0 Å². The molecular weight excluding hydrogens is 266 g/mol. The SMILES string of the molecule is COC(=O)c1cccn2c(CC3CCN(C)CC3)ncc12. The number of carbonyl (C=O) groups is 1. The molecule has 2 aromatic rings. The fourth-order valence-corrected chi connectivity index (χ4v) is 3.03. The maximum atomic E-state index is 11.8. The van der Waals surface area contributed by atoms with E-state index in [1.807, 2.05) is 16.7 Å². The first-order chi connectivity index (χ1) is 10.2. The molecule has 0 amide bonds. The van der Waals surface area contributed by atoms with Crippen molar-refractivity contribution in [2.24, 2.45) is 5.92 Å². The highest BCUT2D eigenvalue weighted by Gasteiger charge is 2.20. The van der Waals surface area contributed by atoms with Crippen molar-refractivity contribution in [2.75, 3.05) is 27.2 Å². The molecule has 0 atom stereocenters. The van der Waals surface area contributed by atoms with E-state index in [1.54, 1.807) is 12.3 Å². The van der Waals surface area contributed by atoms with E-state index < -0.39 is 0 Å². The van der Waals surface area contributed by atoms with Gasteiger partial charge in [-0.1, -0.05) is 0 Å². The van der Waals surface area contributed by atoms with Crippen molar-refractivity contribution in [1.82, 2.24) is 14.3 Å². The molecule has 0 bridgehead atoms. The fourth-order valence-electron chi connectivity index (χ4n) is 3.03. The van der Waals surface area contributed by atoms with Gasteiger partial charge >= 0.3 is 5.97 Å². The predicted octanol–water partition coefficient (Wildman–Crippen LogP) is 2.01. The number of methoxy groups -OCH3 is 1. The monoisotopic (exact) mass is 287 g/mol. The molecule has 2 aromatic heterocycles. The number of aromatic nitrogens is 2. The largest absolute Gasteiger partial charge is 0.465 e. The highest BCUT2D eigenvalue weighted by Crippen LogP contribution is 2.22. The van der Waals surface area contributed by atoms with Gasteiger partial charge in [-0.3, -0.25) is 0 Å². The Hall–Kier alpha value is -1.88. The number of hydrogen-bond donors (Lipinski definition) is 0. The molecule has 0 N–H and O–H groups in total. The minimum Gasteiger partial charge on any atom is -0.465 e. The Morgan fingerprint density at radius 3 is 2.90 bits per heavy atom. The van der Waals surface area contributed by atoms with E-state index in [9.17, 15) is 4.79 Å². The number of hydrogen-bond acceptors (Lipinski definition) is 4. The van der Waals surface area contributed by atoms with Crippen molar-refractivity contribution in [3.05, 3.63) is 35.9 Å². The zero-order valence-corrected chi connectivity index (χ0v) is 12.6. The summed E-state index contributed by atoms with van der Waals surface area (Å²) in [5.41, 5.74) is 1.40. The topological polar surface area (TPSA) is 46.8 Å². The second kappa shape index (κ2) is 5.85. The van der Waals surface area contributed by atoms with Gasteiger partial charge < -0.3 is 14.0 Å². The van der Waals surface area contributed by atoms with Crippen LogP contribution < -0.4 is 0 Å². The van der Waals surface area contributed by atoms with Gasteiger partial charge in [-0.05, 0) is 51.0 Å². The first-order valence-electron chi connectivity index (χ1n) is 7.41. The summed E-state index contributed by atoms with van der Waals surface area (Å²) in [4.78, 5) is 18.7. The van der Waals surface area contributed by atoms with E-state index in [0.717, 1.165) is 30.9 Å². The number of imidazole rings is 1. The maximum absolute atomic E-state index is 11.8. The molecule has 0 aliphatic carbocycles. The molecule has 112 valence electrons. The number of ether oxygens (including phenoxy) is 1. The van der Waals surface area contributed by atoms with E-state index in [2.05, 4.69) is 16.9 Å². The first kappa shape index (κ1) is 14.1. The number of esters is 1. The predicted molar refractivity (Wildman–Crippen MR) is 80.5 cm³/mol. The molecule has 3 heterocycles. The van der Waals surface area contributed by atoms with Gasteiger partial charge in [0.25, 0.3) is 0 Å². The van der Waals surface area contributed by atoms with Gasteiger partial charge in [0.15, 0.2) is 0 Å². The number of rotatable bonds is 3. The van der Waals surface area contributed by atoms with Crippen LogP contribution in [-0.2, 0) is 11.2 Å². The molecule has 1 saturated heterocycles. The summed E-state index contributed by atoms with van der Waals surface area (Å²) < 4.78 is 6.85. The lowest BCUT2D eigenvalue weighted by atomic mass is 9.93. The van der Waals surface area contributed by atoms with Crippen LogP contribution in [-0.4, -0.2) is 47.5 Å². The molecule has 0 aromatic carbocycles. The lowest BCUT2D eigenvalue weighted by molar-refractivity contribution is 0.0602. The molecule has 0 unspecified atom stereocenters. The van der Waals surface area contributed by atoms with Gasteiger partial charge in [0.1, 0.15) is 5.82 Å². The second-order valence-corrected chi connectivity index (χ2v) is 5.79. The van der Waals surface area contributed by atoms with Crippen LogP contribution in [0.2, 0.25) is 0 Å². The number of carbonyl (C=O) groups excluding carboxylic acids is 1. The zero-order valence-electron chi connectivity index (χ0n) is 12.6. The van der Waals surface area contributed by atoms with Crippen LogP contribution in [0.1, 0.15) is 29.0 Å². The highest BCUT2D eigenvalue weighted by atomic mass is 16.5. The normalized spacial score (nSPS) is 17.2. The number of piperidine rings is 1. The van der Waals surface area contributed by atoms with Gasteiger partial charge in [-0.25, -0.2) is 9.78 Å². The van der Waals surface area contributed by atoms with E-state index in [1.165, 1.54) is 20.0 Å². The first-order valence-corrected chi connectivity index (χ1v) is 7.41. The summed E-state index contributed by atoms with van der Waals surface area (Å²) in [6, 6.07) is 3.65. The van der Waals surface area contributed by atoms with Crippen molar-refractivity contribution in [1.29, 1.82) is 0 Å². The van der Waals surface area contributed by atoms with Crippen LogP contribution in [0, 0.1) is 5.92 Å². The van der Waals surface area contributed by atoms with Crippen LogP contribution in [0.15, 0.2) is 24.5 Å². The lowest BCUT2D eigenvalue weighted by Crippen LogP contribution is -2.31. The Bertz CT molecular complexity index is 642. The van der Waals surface area contributed by atoms with Crippen molar-refractivity contribution >= 4 is 11.5 Å². The Labute approximate surface area is 124 Å².